The van der Waals surface area contributed by atoms with E-state index in [4.69, 9.17) is 0 Å². The Labute approximate surface area is 180 Å². The number of nitrogens with zero attached hydrogens (tertiary/aromatic N) is 2. The number of hydrogen-bond acceptors (Lipinski definition) is 2. The number of halogens is 3. The predicted octanol–water partition coefficient (Wildman–Crippen LogP) is 6.84. The van der Waals surface area contributed by atoms with Gasteiger partial charge in [0.15, 0.2) is 0 Å². The van der Waals surface area contributed by atoms with Crippen LogP contribution in [0.3, 0.4) is 0 Å². The molecule has 0 bridgehead atoms. The third kappa shape index (κ3) is 5.44. The zero-order valence-corrected chi connectivity index (χ0v) is 18.3. The van der Waals surface area contributed by atoms with E-state index >= 15 is 0 Å². The van der Waals surface area contributed by atoms with Crippen LogP contribution < -0.4 is 0 Å². The summed E-state index contributed by atoms with van der Waals surface area (Å²) in [6, 6.07) is 12.8. The third-order valence-corrected chi connectivity index (χ3v) is 4.75. The molecule has 0 aliphatic carbocycles. The van der Waals surface area contributed by atoms with Gasteiger partial charge in [0.2, 0.25) is 0 Å². The zero-order chi connectivity index (χ0) is 23.0. The number of benzene rings is 2. The van der Waals surface area contributed by atoms with E-state index in [9.17, 15) is 18.3 Å². The highest BCUT2D eigenvalue weighted by molar-refractivity contribution is 5.65. The van der Waals surface area contributed by atoms with E-state index in [0.29, 0.717) is 5.69 Å². The van der Waals surface area contributed by atoms with Gasteiger partial charge in [-0.1, -0.05) is 63.3 Å². The van der Waals surface area contributed by atoms with Gasteiger partial charge in [0, 0.05) is 17.4 Å². The Bertz CT molecular complexity index is 1080. The van der Waals surface area contributed by atoms with Crippen LogP contribution in [0.25, 0.3) is 23.2 Å². The van der Waals surface area contributed by atoms with Gasteiger partial charge >= 0.3 is 6.18 Å². The number of hydrogen-bond donors (Lipinski definition) is 1. The minimum atomic E-state index is -4.52. The first-order chi connectivity index (χ1) is 14.3. The molecule has 0 fully saturated rings. The molecular formula is C25H27F3N2O. The molecule has 3 rings (SSSR count). The highest BCUT2D eigenvalue weighted by atomic mass is 19.4. The second-order valence-electron chi connectivity index (χ2n) is 9.21. The van der Waals surface area contributed by atoms with Crippen molar-refractivity contribution in [1.29, 1.82) is 0 Å². The molecular weight excluding hydrogens is 401 g/mol. The van der Waals surface area contributed by atoms with Crippen molar-refractivity contribution in [3.8, 4) is 17.1 Å². The normalized spacial score (nSPS) is 13.2. The first-order valence-corrected chi connectivity index (χ1v) is 10.0. The molecule has 0 radical (unpaired) electrons. The molecule has 0 spiro atoms. The number of aromatic nitrogens is 2. The largest absolute Gasteiger partial charge is 0.417 e. The van der Waals surface area contributed by atoms with Gasteiger partial charge in [-0.15, -0.1) is 0 Å². The lowest BCUT2D eigenvalue weighted by Gasteiger charge is -2.14. The van der Waals surface area contributed by atoms with Crippen molar-refractivity contribution in [2.45, 2.75) is 46.4 Å². The topological polar surface area (TPSA) is 38.0 Å². The summed E-state index contributed by atoms with van der Waals surface area (Å²) in [5.41, 5.74) is -0.143. The van der Waals surface area contributed by atoms with Gasteiger partial charge in [-0.3, -0.25) is 4.57 Å². The number of rotatable bonds is 4. The smallest absolute Gasteiger partial charge is 0.384 e. The van der Waals surface area contributed by atoms with Crippen molar-refractivity contribution < 1.29 is 18.3 Å². The summed E-state index contributed by atoms with van der Waals surface area (Å²) in [7, 11) is 0. The van der Waals surface area contributed by atoms with Gasteiger partial charge in [-0.05, 0) is 43.0 Å². The second-order valence-corrected chi connectivity index (χ2v) is 9.21. The van der Waals surface area contributed by atoms with Crippen molar-refractivity contribution in [2.24, 2.45) is 5.41 Å². The van der Waals surface area contributed by atoms with Crippen molar-refractivity contribution >= 4 is 6.08 Å². The molecule has 0 aliphatic rings. The summed E-state index contributed by atoms with van der Waals surface area (Å²) in [6.07, 6.45) is 1.17. The van der Waals surface area contributed by atoms with Crippen LogP contribution in [0.4, 0.5) is 13.2 Å². The summed E-state index contributed by atoms with van der Waals surface area (Å²) >= 11 is 0. The van der Waals surface area contributed by atoms with Gasteiger partial charge in [0.25, 0.3) is 0 Å². The van der Waals surface area contributed by atoms with Crippen LogP contribution in [0, 0.1) is 5.41 Å². The van der Waals surface area contributed by atoms with Crippen molar-refractivity contribution in [1.82, 2.24) is 9.55 Å². The number of imidazole rings is 1. The minimum Gasteiger partial charge on any atom is -0.384 e. The average Bonchev–Trinajstić information content (AvgIpc) is 3.11. The molecule has 0 saturated carbocycles. The van der Waals surface area contributed by atoms with E-state index in [1.807, 2.05) is 30.3 Å². The molecule has 31 heavy (non-hydrogen) atoms. The van der Waals surface area contributed by atoms with Gasteiger partial charge < -0.3 is 5.11 Å². The van der Waals surface area contributed by atoms with Gasteiger partial charge in [-0.2, -0.15) is 13.2 Å². The van der Waals surface area contributed by atoms with Gasteiger partial charge in [0.05, 0.1) is 11.3 Å². The molecule has 0 atom stereocenters. The van der Waals surface area contributed by atoms with E-state index < -0.39 is 17.3 Å². The molecule has 1 N–H and O–H groups in total. The molecule has 0 aliphatic heterocycles. The maximum absolute atomic E-state index is 13.6. The lowest BCUT2D eigenvalue weighted by atomic mass is 9.95. The Balaban J connectivity index is 2.14. The van der Waals surface area contributed by atoms with Crippen LogP contribution in [0.15, 0.2) is 60.8 Å². The maximum atomic E-state index is 13.6. The van der Waals surface area contributed by atoms with E-state index in [-0.39, 0.29) is 22.5 Å². The van der Waals surface area contributed by atoms with Gasteiger partial charge in [-0.25, -0.2) is 4.98 Å². The number of allylic oxidation sites excluding steroid dienone is 1. The van der Waals surface area contributed by atoms with Gasteiger partial charge in [0.1, 0.15) is 11.4 Å². The summed E-state index contributed by atoms with van der Waals surface area (Å²) < 4.78 is 42.5. The number of alkyl halides is 3. The molecule has 3 aromatic rings. The van der Waals surface area contributed by atoms with E-state index in [1.54, 1.807) is 30.7 Å². The maximum Gasteiger partial charge on any atom is 0.417 e. The molecule has 6 heteroatoms. The van der Waals surface area contributed by atoms with Crippen LogP contribution in [-0.2, 0) is 11.8 Å². The van der Waals surface area contributed by atoms with Crippen molar-refractivity contribution in [3.05, 3.63) is 77.6 Å². The van der Waals surface area contributed by atoms with Crippen LogP contribution >= 0.6 is 0 Å². The molecule has 2 aromatic carbocycles. The molecule has 3 nitrogen and oxygen atoms in total. The van der Waals surface area contributed by atoms with E-state index in [0.717, 1.165) is 11.6 Å². The summed E-state index contributed by atoms with van der Waals surface area (Å²) in [6.45, 7) is 9.42. The highest BCUT2D eigenvalue weighted by Gasteiger charge is 2.35. The van der Waals surface area contributed by atoms with E-state index in [2.05, 4.69) is 31.8 Å². The molecule has 0 unspecified atom stereocenters. The van der Waals surface area contributed by atoms with Crippen LogP contribution in [0.2, 0.25) is 0 Å². The molecule has 0 amide bonds. The summed E-state index contributed by atoms with van der Waals surface area (Å²) in [4.78, 5) is 4.39. The summed E-state index contributed by atoms with van der Waals surface area (Å²) in [5, 5.41) is 10.4. The molecule has 1 aromatic heterocycles. The Morgan fingerprint density at radius 3 is 2.06 bits per heavy atom. The Hall–Kier alpha value is -2.86. The Kier molecular flexibility index (Phi) is 5.89. The van der Waals surface area contributed by atoms with Crippen LogP contribution in [0.1, 0.15) is 51.4 Å². The quantitative estimate of drug-likeness (QED) is 0.494. The first-order valence-electron chi connectivity index (χ1n) is 10.0. The SMILES string of the molecule is CC(C)(C)C=Cc1ccc(-n2cc(C(C)(C)O)nc2-c2ccccc2C(F)(F)F)cc1. The third-order valence-electron chi connectivity index (χ3n) is 4.75. The first kappa shape index (κ1) is 22.8. The fourth-order valence-electron chi connectivity index (χ4n) is 3.08. The number of aliphatic hydroxyl groups is 1. The summed E-state index contributed by atoms with van der Waals surface area (Å²) in [5.74, 6) is 0.128. The fraction of sp³-hybridized carbons (Fsp3) is 0.320. The van der Waals surface area contributed by atoms with Crippen LogP contribution in [-0.4, -0.2) is 14.7 Å². The average molecular weight is 428 g/mol. The lowest BCUT2D eigenvalue weighted by Crippen LogP contribution is -2.15. The predicted molar refractivity (Wildman–Crippen MR) is 118 cm³/mol. The standard InChI is InChI=1S/C25H27F3N2O/c1-23(2,3)15-14-17-10-12-18(13-11-17)30-16-21(24(4,5)31)29-22(30)19-8-6-7-9-20(19)25(26,27)28/h6-16,31H,1-5H3. The molecule has 1 heterocycles. The monoisotopic (exact) mass is 428 g/mol. The van der Waals surface area contributed by atoms with E-state index in [1.165, 1.54) is 12.1 Å². The minimum absolute atomic E-state index is 0.0396. The highest BCUT2D eigenvalue weighted by Crippen LogP contribution is 2.38. The zero-order valence-electron chi connectivity index (χ0n) is 18.3. The Morgan fingerprint density at radius 1 is 0.903 bits per heavy atom. The van der Waals surface area contributed by atoms with Crippen molar-refractivity contribution in [3.63, 3.8) is 0 Å². The second kappa shape index (κ2) is 8.00. The van der Waals surface area contributed by atoms with Crippen LogP contribution in [0.5, 0.6) is 0 Å². The molecule has 0 saturated heterocycles. The molecule has 164 valence electrons. The Morgan fingerprint density at radius 2 is 1.52 bits per heavy atom. The lowest BCUT2D eigenvalue weighted by molar-refractivity contribution is -0.137. The fourth-order valence-corrected chi connectivity index (χ4v) is 3.08. The van der Waals surface area contributed by atoms with Crippen molar-refractivity contribution in [2.75, 3.05) is 0 Å².